The minimum Gasteiger partial charge on any atom is -0.384 e. The third-order valence-corrected chi connectivity index (χ3v) is 6.95. The highest BCUT2D eigenvalue weighted by molar-refractivity contribution is 6.53. The smallest absolute Gasteiger partial charge is 0.384 e. The lowest BCUT2D eigenvalue weighted by molar-refractivity contribution is 0.00578. The van der Waals surface area contributed by atoms with E-state index >= 15 is 0 Å². The van der Waals surface area contributed by atoms with E-state index in [0.29, 0.717) is 0 Å². The van der Waals surface area contributed by atoms with Crippen molar-refractivity contribution < 1.29 is 9.31 Å². The van der Waals surface area contributed by atoms with Crippen molar-refractivity contribution in [2.24, 2.45) is 0 Å². The van der Waals surface area contributed by atoms with Gasteiger partial charge in [-0.1, -0.05) is 91.0 Å². The summed E-state index contributed by atoms with van der Waals surface area (Å²) in [6.07, 6.45) is 0. The highest BCUT2D eigenvalue weighted by Crippen LogP contribution is 2.43. The maximum atomic E-state index is 6.54. The molecule has 170 valence electrons. The van der Waals surface area contributed by atoms with Gasteiger partial charge in [-0.15, -0.1) is 0 Å². The van der Waals surface area contributed by atoms with Crippen LogP contribution in [0.1, 0.15) is 27.7 Å². The number of para-hydroxylation sites is 1. The Hall–Kier alpha value is -3.34. The third-order valence-electron chi connectivity index (χ3n) is 6.95. The Labute approximate surface area is 203 Å². The summed E-state index contributed by atoms with van der Waals surface area (Å²) in [6, 6.07) is 37.9. The van der Waals surface area contributed by atoms with Gasteiger partial charge in [-0.05, 0) is 62.6 Å². The first kappa shape index (κ1) is 22.5. The van der Waals surface area contributed by atoms with Crippen LogP contribution in [-0.2, 0) is 9.31 Å². The van der Waals surface area contributed by atoms with Gasteiger partial charge in [-0.3, -0.25) is 0 Å². The fourth-order valence-corrected chi connectivity index (χ4v) is 4.28. The number of hydrogen-bond donors (Lipinski definition) is 0. The van der Waals surface area contributed by atoms with Gasteiger partial charge in [0.1, 0.15) is 0 Å². The zero-order valence-corrected chi connectivity index (χ0v) is 20.2. The van der Waals surface area contributed by atoms with Gasteiger partial charge in [-0.25, -0.2) is 0 Å². The third kappa shape index (κ3) is 4.15. The first-order valence-corrected chi connectivity index (χ1v) is 11.8. The molecule has 0 aliphatic carbocycles. The van der Waals surface area contributed by atoms with Gasteiger partial charge in [0.25, 0.3) is 0 Å². The van der Waals surface area contributed by atoms with Gasteiger partial charge in [0.05, 0.1) is 11.2 Å². The van der Waals surface area contributed by atoms with Crippen molar-refractivity contribution in [3.05, 3.63) is 109 Å². The van der Waals surface area contributed by atoms with Crippen LogP contribution >= 0.6 is 0 Å². The number of hydrogen-bond acceptors (Lipinski definition) is 3. The Morgan fingerprint density at radius 2 is 1.00 bits per heavy atom. The highest BCUT2D eigenvalue weighted by atomic mass is 16.7. The van der Waals surface area contributed by atoms with E-state index in [1.165, 1.54) is 11.1 Å². The molecular formula is C30H30BNO2. The molecule has 0 atom stereocenters. The van der Waals surface area contributed by atoms with Crippen LogP contribution in [0.5, 0.6) is 0 Å². The lowest BCUT2D eigenvalue weighted by Gasteiger charge is -2.32. The summed E-state index contributed by atoms with van der Waals surface area (Å²) in [4.78, 5) is 2.17. The first-order valence-electron chi connectivity index (χ1n) is 11.8. The molecule has 5 rings (SSSR count). The lowest BCUT2D eigenvalue weighted by Crippen LogP contribution is -2.41. The summed E-state index contributed by atoms with van der Waals surface area (Å²) in [5, 5.41) is 0. The molecule has 4 aromatic rings. The predicted octanol–water partition coefficient (Wildman–Crippen LogP) is 7.75. The minimum absolute atomic E-state index is 0.443. The monoisotopic (exact) mass is 447 g/mol. The second-order valence-electron chi connectivity index (χ2n) is 9.73. The van der Waals surface area contributed by atoms with Crippen molar-refractivity contribution in [1.82, 2.24) is 0 Å². The van der Waals surface area contributed by atoms with Crippen molar-refractivity contribution in [2.45, 2.75) is 38.9 Å². The second kappa shape index (κ2) is 8.79. The van der Waals surface area contributed by atoms with E-state index in [0.717, 1.165) is 22.5 Å². The van der Waals surface area contributed by atoms with Crippen molar-refractivity contribution in [2.75, 3.05) is 4.81 Å². The lowest BCUT2D eigenvalue weighted by atomic mass is 9.90. The molecule has 1 fully saturated rings. The quantitative estimate of drug-likeness (QED) is 0.292. The molecule has 34 heavy (non-hydrogen) atoms. The van der Waals surface area contributed by atoms with Crippen LogP contribution in [0, 0.1) is 0 Å². The molecule has 1 aliphatic rings. The van der Waals surface area contributed by atoms with Crippen LogP contribution in [0.25, 0.3) is 22.3 Å². The average Bonchev–Trinajstić information content (AvgIpc) is 3.07. The molecule has 0 bridgehead atoms. The van der Waals surface area contributed by atoms with E-state index in [2.05, 4.69) is 130 Å². The molecule has 0 amide bonds. The van der Waals surface area contributed by atoms with Gasteiger partial charge in [0.15, 0.2) is 0 Å². The zero-order valence-electron chi connectivity index (χ0n) is 20.2. The van der Waals surface area contributed by atoms with Gasteiger partial charge >= 0.3 is 7.25 Å². The highest BCUT2D eigenvalue weighted by Gasteiger charge is 2.55. The van der Waals surface area contributed by atoms with E-state index < -0.39 is 18.5 Å². The number of nitrogens with zero attached hydrogens (tertiary/aromatic N) is 1. The Kier molecular flexibility index (Phi) is 5.80. The normalized spacial score (nSPS) is 16.4. The maximum absolute atomic E-state index is 6.54. The van der Waals surface area contributed by atoms with E-state index in [1.54, 1.807) is 0 Å². The molecule has 0 spiro atoms. The summed E-state index contributed by atoms with van der Waals surface area (Å²) >= 11 is 0. The summed E-state index contributed by atoms with van der Waals surface area (Å²) < 4.78 is 13.1. The predicted molar refractivity (Wildman–Crippen MR) is 142 cm³/mol. The van der Waals surface area contributed by atoms with Crippen LogP contribution in [0.15, 0.2) is 109 Å². The molecule has 3 nitrogen and oxygen atoms in total. The summed E-state index contributed by atoms with van der Waals surface area (Å²) in [7, 11) is -0.558. The SMILES string of the molecule is CC1(C)OB(N(c2ccc(-c3ccccc3)cc2)c2ccccc2-c2ccccc2)OC1(C)C. The largest absolute Gasteiger partial charge is 0.598 e. The molecule has 1 heterocycles. The van der Waals surface area contributed by atoms with Crippen LogP contribution < -0.4 is 4.81 Å². The Bertz CT molecular complexity index is 1240. The topological polar surface area (TPSA) is 21.7 Å². The molecule has 1 aliphatic heterocycles. The molecule has 1 saturated heterocycles. The first-order chi connectivity index (χ1) is 16.4. The van der Waals surface area contributed by atoms with E-state index in [-0.39, 0.29) is 0 Å². The summed E-state index contributed by atoms with van der Waals surface area (Å²) in [5.74, 6) is 0. The summed E-state index contributed by atoms with van der Waals surface area (Å²) in [6.45, 7) is 8.36. The Morgan fingerprint density at radius 1 is 0.529 bits per heavy atom. The molecule has 0 aromatic heterocycles. The number of anilines is 2. The van der Waals surface area contributed by atoms with Crippen molar-refractivity contribution in [1.29, 1.82) is 0 Å². The molecule has 0 N–H and O–H groups in total. The molecule has 0 unspecified atom stereocenters. The molecular weight excluding hydrogens is 417 g/mol. The number of rotatable bonds is 5. The fraction of sp³-hybridized carbons (Fsp3) is 0.200. The molecule has 0 saturated carbocycles. The van der Waals surface area contributed by atoms with E-state index in [4.69, 9.17) is 9.31 Å². The van der Waals surface area contributed by atoms with Gasteiger partial charge in [0, 0.05) is 16.9 Å². The Morgan fingerprint density at radius 3 is 1.59 bits per heavy atom. The van der Waals surface area contributed by atoms with Crippen molar-refractivity contribution in [3.8, 4) is 22.3 Å². The maximum Gasteiger partial charge on any atom is 0.598 e. The number of benzene rings is 4. The molecule has 4 aromatic carbocycles. The van der Waals surface area contributed by atoms with Crippen LogP contribution in [0.4, 0.5) is 11.4 Å². The van der Waals surface area contributed by atoms with E-state index in [9.17, 15) is 0 Å². The van der Waals surface area contributed by atoms with Gasteiger partial charge in [0.2, 0.25) is 0 Å². The second-order valence-corrected chi connectivity index (χ2v) is 9.73. The standard InChI is InChI=1S/C30H30BNO2/c1-29(2)30(3,4)34-31(33-29)32(26-21-19-24(20-22-26)23-13-7-5-8-14-23)28-18-12-11-17-27(28)25-15-9-6-10-16-25/h5-22H,1-4H3. The van der Waals surface area contributed by atoms with Crippen LogP contribution in [0.3, 0.4) is 0 Å². The van der Waals surface area contributed by atoms with Crippen molar-refractivity contribution >= 4 is 18.6 Å². The fourth-order valence-electron chi connectivity index (χ4n) is 4.28. The van der Waals surface area contributed by atoms with E-state index in [1.807, 2.05) is 12.1 Å². The van der Waals surface area contributed by atoms with Gasteiger partial charge in [-0.2, -0.15) is 0 Å². The Balaban J connectivity index is 1.62. The average molecular weight is 447 g/mol. The molecule has 0 radical (unpaired) electrons. The van der Waals surface area contributed by atoms with Crippen molar-refractivity contribution in [3.63, 3.8) is 0 Å². The molecule has 4 heteroatoms. The van der Waals surface area contributed by atoms with Crippen LogP contribution in [0.2, 0.25) is 0 Å². The zero-order chi connectivity index (χ0) is 23.8. The minimum atomic E-state index is -0.558. The summed E-state index contributed by atoms with van der Waals surface area (Å²) in [5.41, 5.74) is 5.82. The van der Waals surface area contributed by atoms with Crippen LogP contribution in [-0.4, -0.2) is 18.5 Å². The van der Waals surface area contributed by atoms with Gasteiger partial charge < -0.3 is 14.1 Å².